The van der Waals surface area contributed by atoms with Crippen molar-refractivity contribution in [2.45, 2.75) is 6.92 Å². The van der Waals surface area contributed by atoms with Crippen molar-refractivity contribution in [2.24, 2.45) is 0 Å². The molecule has 54 valence electrons. The van der Waals surface area contributed by atoms with E-state index in [0.29, 0.717) is 11.4 Å². The number of rotatable bonds is 1. The van der Waals surface area contributed by atoms with Crippen LogP contribution >= 0.6 is 0 Å². The maximum atomic E-state index is 5.57. The highest BCUT2D eigenvalue weighted by Gasteiger charge is 1.96. The van der Waals surface area contributed by atoms with Gasteiger partial charge in [-0.2, -0.15) is 0 Å². The fraction of sp³-hybridized carbons (Fsp3) is 0.286. The molecule has 0 aromatic carbocycles. The lowest BCUT2D eigenvalue weighted by atomic mass is 10.3. The number of pyridine rings is 1. The summed E-state index contributed by atoms with van der Waals surface area (Å²) < 4.78 is 4.91. The molecule has 0 aliphatic heterocycles. The van der Waals surface area contributed by atoms with Crippen molar-refractivity contribution in [1.82, 2.24) is 4.98 Å². The van der Waals surface area contributed by atoms with E-state index in [2.05, 4.69) is 4.98 Å². The normalized spacial score (nSPS) is 9.40. The molecule has 0 bridgehead atoms. The van der Waals surface area contributed by atoms with Gasteiger partial charge in [0.25, 0.3) is 0 Å². The number of nitrogens with two attached hydrogens (primary N) is 1. The lowest BCUT2D eigenvalue weighted by Gasteiger charge is -2.02. The average molecular weight is 138 g/mol. The van der Waals surface area contributed by atoms with Crippen LogP contribution in [0.2, 0.25) is 0 Å². The highest BCUT2D eigenvalue weighted by molar-refractivity contribution is 5.51. The summed E-state index contributed by atoms with van der Waals surface area (Å²) in [5.41, 5.74) is 7.10. The number of hydrogen-bond donors (Lipinski definition) is 1. The molecule has 0 aliphatic carbocycles. The van der Waals surface area contributed by atoms with Gasteiger partial charge in [-0.25, -0.2) is 0 Å². The van der Waals surface area contributed by atoms with E-state index < -0.39 is 0 Å². The third-order valence-corrected chi connectivity index (χ3v) is 1.25. The van der Waals surface area contributed by atoms with Crippen LogP contribution in [-0.4, -0.2) is 12.1 Å². The zero-order valence-corrected chi connectivity index (χ0v) is 6.09. The molecular weight excluding hydrogens is 128 g/mol. The molecule has 0 saturated carbocycles. The van der Waals surface area contributed by atoms with E-state index in [4.69, 9.17) is 10.5 Å². The predicted molar refractivity (Wildman–Crippen MR) is 39.9 cm³/mol. The third-order valence-electron chi connectivity index (χ3n) is 1.25. The van der Waals surface area contributed by atoms with Crippen molar-refractivity contribution in [3.8, 4) is 5.75 Å². The summed E-state index contributed by atoms with van der Waals surface area (Å²) in [4.78, 5) is 4.01. The lowest BCUT2D eigenvalue weighted by Crippen LogP contribution is -1.94. The third kappa shape index (κ3) is 1.18. The van der Waals surface area contributed by atoms with Gasteiger partial charge in [0.2, 0.25) is 0 Å². The summed E-state index contributed by atoms with van der Waals surface area (Å²) >= 11 is 0. The highest BCUT2D eigenvalue weighted by atomic mass is 16.5. The summed E-state index contributed by atoms with van der Waals surface area (Å²) in [5.74, 6) is 0.630. The van der Waals surface area contributed by atoms with Gasteiger partial charge in [-0.15, -0.1) is 0 Å². The van der Waals surface area contributed by atoms with Crippen LogP contribution in [0, 0.1) is 6.92 Å². The molecule has 0 saturated heterocycles. The molecule has 0 fully saturated rings. The molecular formula is C7H10N2O. The van der Waals surface area contributed by atoms with Crippen LogP contribution in [0.25, 0.3) is 0 Å². The number of aromatic nitrogens is 1. The van der Waals surface area contributed by atoms with Crippen molar-refractivity contribution < 1.29 is 4.74 Å². The van der Waals surface area contributed by atoms with Crippen molar-refractivity contribution >= 4 is 5.69 Å². The van der Waals surface area contributed by atoms with Gasteiger partial charge >= 0.3 is 0 Å². The molecule has 0 unspecified atom stereocenters. The first-order valence-corrected chi connectivity index (χ1v) is 3.00. The van der Waals surface area contributed by atoms with Gasteiger partial charge in [-0.1, -0.05) is 0 Å². The standard InChI is InChI=1S/C7H10N2O/c1-5-3-6(8)7(10-2)4-9-5/h3-4H,1-2H3,(H2,8,9). The van der Waals surface area contributed by atoms with Crippen LogP contribution in [0.4, 0.5) is 5.69 Å². The Kier molecular flexibility index (Phi) is 1.76. The van der Waals surface area contributed by atoms with Crippen LogP contribution in [0.1, 0.15) is 5.69 Å². The second-order valence-corrected chi connectivity index (χ2v) is 2.07. The number of ether oxygens (including phenoxy) is 1. The van der Waals surface area contributed by atoms with E-state index in [9.17, 15) is 0 Å². The first kappa shape index (κ1) is 6.86. The zero-order chi connectivity index (χ0) is 7.56. The Balaban J connectivity index is 3.07. The molecule has 1 heterocycles. The molecule has 3 nitrogen and oxygen atoms in total. The maximum absolute atomic E-state index is 5.57. The molecule has 0 radical (unpaired) electrons. The maximum Gasteiger partial charge on any atom is 0.160 e. The van der Waals surface area contributed by atoms with Crippen LogP contribution in [0.3, 0.4) is 0 Å². The van der Waals surface area contributed by atoms with Crippen LogP contribution in [-0.2, 0) is 0 Å². The van der Waals surface area contributed by atoms with Crippen LogP contribution in [0.5, 0.6) is 5.75 Å². The Bertz CT molecular complexity index is 235. The van der Waals surface area contributed by atoms with Gasteiger partial charge in [-0.05, 0) is 13.0 Å². The summed E-state index contributed by atoms with van der Waals surface area (Å²) in [5, 5.41) is 0. The largest absolute Gasteiger partial charge is 0.493 e. The summed E-state index contributed by atoms with van der Waals surface area (Å²) in [6.07, 6.45) is 1.62. The van der Waals surface area contributed by atoms with Gasteiger partial charge < -0.3 is 10.5 Å². The van der Waals surface area contributed by atoms with Crippen molar-refractivity contribution in [2.75, 3.05) is 12.8 Å². The number of methoxy groups -OCH3 is 1. The highest BCUT2D eigenvalue weighted by Crippen LogP contribution is 2.18. The molecule has 1 aromatic rings. The Morgan fingerprint density at radius 1 is 1.60 bits per heavy atom. The number of nitrogens with zero attached hydrogens (tertiary/aromatic N) is 1. The van der Waals surface area contributed by atoms with Gasteiger partial charge in [0.05, 0.1) is 19.0 Å². The molecule has 1 aromatic heterocycles. The first-order chi connectivity index (χ1) is 4.74. The SMILES string of the molecule is COc1cnc(C)cc1N. The Morgan fingerprint density at radius 3 is 2.80 bits per heavy atom. The number of aryl methyl sites for hydroxylation is 1. The van der Waals surface area contributed by atoms with E-state index in [1.807, 2.05) is 6.92 Å². The molecule has 0 aliphatic rings. The van der Waals surface area contributed by atoms with Gasteiger partial charge in [0.1, 0.15) is 0 Å². The van der Waals surface area contributed by atoms with Gasteiger partial charge in [0, 0.05) is 5.69 Å². The minimum atomic E-state index is 0.630. The Hall–Kier alpha value is -1.25. The lowest BCUT2D eigenvalue weighted by molar-refractivity contribution is 0.415. The number of hydrogen-bond acceptors (Lipinski definition) is 3. The zero-order valence-electron chi connectivity index (χ0n) is 6.09. The van der Waals surface area contributed by atoms with Crippen LogP contribution < -0.4 is 10.5 Å². The Labute approximate surface area is 59.8 Å². The molecule has 2 N–H and O–H groups in total. The number of nitrogen functional groups attached to an aromatic ring is 1. The smallest absolute Gasteiger partial charge is 0.160 e. The second-order valence-electron chi connectivity index (χ2n) is 2.07. The summed E-state index contributed by atoms with van der Waals surface area (Å²) in [7, 11) is 1.57. The minimum absolute atomic E-state index is 0.630. The second kappa shape index (κ2) is 2.56. The van der Waals surface area contributed by atoms with E-state index in [1.165, 1.54) is 0 Å². The average Bonchev–Trinajstić information content (AvgIpc) is 1.88. The summed E-state index contributed by atoms with van der Waals surface area (Å²) in [6, 6.07) is 1.78. The van der Waals surface area contributed by atoms with Crippen molar-refractivity contribution in [3.05, 3.63) is 18.0 Å². The minimum Gasteiger partial charge on any atom is -0.493 e. The Morgan fingerprint density at radius 2 is 2.30 bits per heavy atom. The molecule has 10 heavy (non-hydrogen) atoms. The van der Waals surface area contributed by atoms with Gasteiger partial charge in [-0.3, -0.25) is 4.98 Å². The van der Waals surface area contributed by atoms with E-state index in [0.717, 1.165) is 5.69 Å². The first-order valence-electron chi connectivity index (χ1n) is 3.00. The van der Waals surface area contributed by atoms with E-state index in [1.54, 1.807) is 19.4 Å². The molecule has 1 rings (SSSR count). The van der Waals surface area contributed by atoms with Gasteiger partial charge in [0.15, 0.2) is 5.75 Å². The molecule has 0 atom stereocenters. The topological polar surface area (TPSA) is 48.1 Å². The predicted octanol–water partition coefficient (Wildman–Crippen LogP) is 0.981. The van der Waals surface area contributed by atoms with Crippen molar-refractivity contribution in [3.63, 3.8) is 0 Å². The fourth-order valence-corrected chi connectivity index (χ4v) is 0.739. The quantitative estimate of drug-likeness (QED) is 0.629. The van der Waals surface area contributed by atoms with E-state index >= 15 is 0 Å². The fourth-order valence-electron chi connectivity index (χ4n) is 0.739. The molecule has 0 amide bonds. The monoisotopic (exact) mass is 138 g/mol. The van der Waals surface area contributed by atoms with Crippen LogP contribution in [0.15, 0.2) is 12.3 Å². The number of anilines is 1. The summed E-state index contributed by atoms with van der Waals surface area (Å²) in [6.45, 7) is 1.88. The molecule has 3 heteroatoms. The molecule has 0 spiro atoms. The van der Waals surface area contributed by atoms with Crippen molar-refractivity contribution in [1.29, 1.82) is 0 Å². The van der Waals surface area contributed by atoms with E-state index in [-0.39, 0.29) is 0 Å².